The predicted octanol–water partition coefficient (Wildman–Crippen LogP) is 2.26. The molecule has 1 N–H and O–H groups in total. The Morgan fingerprint density at radius 1 is 1.36 bits per heavy atom. The van der Waals surface area contributed by atoms with Crippen LogP contribution in [0.1, 0.15) is 20.3 Å². The molecule has 0 bridgehead atoms. The minimum atomic E-state index is -4.14. The van der Waals surface area contributed by atoms with E-state index < -0.39 is 18.1 Å². The summed E-state index contributed by atoms with van der Waals surface area (Å²) in [6.45, 7) is 2.90. The summed E-state index contributed by atoms with van der Waals surface area (Å²) in [6.07, 6.45) is -5.03. The highest BCUT2D eigenvalue weighted by Gasteiger charge is 2.35. The maximum atomic E-state index is 11.8. The molecular formula is C6H10F3NS. The van der Waals surface area contributed by atoms with E-state index in [1.54, 1.807) is 0 Å². The maximum absolute atomic E-state index is 11.8. The summed E-state index contributed by atoms with van der Waals surface area (Å²) in [5, 5.41) is 2.45. The molecule has 0 unspecified atom stereocenters. The molecule has 66 valence electrons. The van der Waals surface area contributed by atoms with E-state index in [9.17, 15) is 13.2 Å². The highest BCUT2D eigenvalue weighted by molar-refractivity contribution is 7.78. The molecule has 0 aliphatic heterocycles. The van der Waals surface area contributed by atoms with Gasteiger partial charge >= 0.3 is 6.18 Å². The molecule has 5 heteroatoms. The van der Waals surface area contributed by atoms with E-state index in [-0.39, 0.29) is 0 Å². The van der Waals surface area contributed by atoms with Crippen LogP contribution in [0.25, 0.3) is 0 Å². The summed E-state index contributed by atoms with van der Waals surface area (Å²) in [6, 6.07) is 0. The smallest absolute Gasteiger partial charge is 0.377 e. The molecule has 0 heterocycles. The van der Waals surface area contributed by atoms with Crippen LogP contribution in [-0.4, -0.2) is 17.2 Å². The number of nitrogens with one attached hydrogen (secondary N) is 1. The molecule has 0 atom stereocenters. The molecule has 0 fully saturated rings. The van der Waals surface area contributed by atoms with Crippen molar-refractivity contribution in [2.75, 3.05) is 0 Å². The monoisotopic (exact) mass is 185 g/mol. The highest BCUT2D eigenvalue weighted by Crippen LogP contribution is 2.26. The van der Waals surface area contributed by atoms with Gasteiger partial charge in [-0.25, -0.2) is 0 Å². The van der Waals surface area contributed by atoms with Gasteiger partial charge in [0.1, 0.15) is 0 Å². The number of halogens is 3. The van der Waals surface area contributed by atoms with E-state index in [2.05, 4.69) is 17.5 Å². The molecule has 0 amide bonds. The summed E-state index contributed by atoms with van der Waals surface area (Å²) in [7, 11) is 0. The largest absolute Gasteiger partial charge is 0.391 e. The SMILES string of the molecule is CC(C)(CC(F)(F)F)NC=S. The van der Waals surface area contributed by atoms with Crippen molar-refractivity contribution in [1.29, 1.82) is 0 Å². The Hall–Kier alpha value is -0.320. The van der Waals surface area contributed by atoms with Crippen molar-refractivity contribution in [1.82, 2.24) is 5.32 Å². The summed E-state index contributed by atoms with van der Waals surface area (Å²) in [5.74, 6) is 0. The number of alkyl halides is 3. The average molecular weight is 185 g/mol. The zero-order valence-corrected chi connectivity index (χ0v) is 7.14. The molecule has 0 saturated heterocycles. The number of rotatable bonds is 3. The van der Waals surface area contributed by atoms with Crippen molar-refractivity contribution >= 4 is 17.7 Å². The molecule has 0 aliphatic carbocycles. The molecule has 0 aliphatic rings. The molecular weight excluding hydrogens is 175 g/mol. The quantitative estimate of drug-likeness (QED) is 0.677. The van der Waals surface area contributed by atoms with Crippen molar-refractivity contribution in [3.8, 4) is 0 Å². The second-order valence-corrected chi connectivity index (χ2v) is 3.17. The Balaban J connectivity index is 4.00. The first-order chi connectivity index (χ1) is 4.77. The highest BCUT2D eigenvalue weighted by atomic mass is 32.1. The third-order valence-electron chi connectivity index (χ3n) is 1.09. The van der Waals surface area contributed by atoms with Crippen LogP contribution in [-0.2, 0) is 0 Å². The molecule has 0 saturated carbocycles. The van der Waals surface area contributed by atoms with Crippen LogP contribution in [0.15, 0.2) is 0 Å². The van der Waals surface area contributed by atoms with Gasteiger partial charge in [-0.05, 0) is 13.8 Å². The molecule has 0 radical (unpaired) electrons. The molecule has 1 nitrogen and oxygen atoms in total. The fourth-order valence-corrected chi connectivity index (χ4v) is 1.03. The van der Waals surface area contributed by atoms with Crippen LogP contribution >= 0.6 is 12.2 Å². The first kappa shape index (κ1) is 10.7. The lowest BCUT2D eigenvalue weighted by molar-refractivity contribution is -0.145. The van der Waals surface area contributed by atoms with Gasteiger partial charge in [-0.3, -0.25) is 0 Å². The lowest BCUT2D eigenvalue weighted by Gasteiger charge is -2.25. The van der Waals surface area contributed by atoms with Gasteiger partial charge in [0.05, 0.1) is 11.9 Å². The first-order valence-corrected chi connectivity index (χ1v) is 3.52. The van der Waals surface area contributed by atoms with Gasteiger partial charge in [0.2, 0.25) is 0 Å². The predicted molar refractivity (Wildman–Crippen MR) is 41.5 cm³/mol. The van der Waals surface area contributed by atoms with Gasteiger partial charge in [-0.15, -0.1) is 0 Å². The standard InChI is InChI=1S/C6H10F3NS/c1-5(2,10-4-11)3-6(7,8)9/h4H,3H2,1-2H3,(H,10,11). The Kier molecular flexibility index (Phi) is 3.29. The summed E-state index contributed by atoms with van der Waals surface area (Å²) in [5.41, 5.74) is 0.103. The van der Waals surface area contributed by atoms with E-state index >= 15 is 0 Å². The fraction of sp³-hybridized carbons (Fsp3) is 0.833. The lowest BCUT2D eigenvalue weighted by Crippen LogP contribution is -2.41. The summed E-state index contributed by atoms with van der Waals surface area (Å²) >= 11 is 4.39. The number of thiocarbonyl (C=S) groups is 1. The minimum Gasteiger partial charge on any atom is -0.377 e. The van der Waals surface area contributed by atoms with Gasteiger partial charge in [0, 0.05) is 5.54 Å². The van der Waals surface area contributed by atoms with Crippen molar-refractivity contribution in [3.63, 3.8) is 0 Å². The van der Waals surface area contributed by atoms with Crippen molar-refractivity contribution in [3.05, 3.63) is 0 Å². The van der Waals surface area contributed by atoms with Gasteiger partial charge in [0.15, 0.2) is 0 Å². The third kappa shape index (κ3) is 6.09. The Morgan fingerprint density at radius 3 is 2.09 bits per heavy atom. The molecule has 0 aromatic carbocycles. The van der Waals surface area contributed by atoms with E-state index in [1.165, 1.54) is 13.8 Å². The van der Waals surface area contributed by atoms with E-state index in [0.29, 0.717) is 0 Å². The Morgan fingerprint density at radius 2 is 1.82 bits per heavy atom. The zero-order valence-electron chi connectivity index (χ0n) is 6.33. The van der Waals surface area contributed by atoms with Crippen LogP contribution in [0.4, 0.5) is 13.2 Å². The zero-order chi connectivity index (χ0) is 9.12. The lowest BCUT2D eigenvalue weighted by atomic mass is 10.0. The minimum absolute atomic E-state index is 0.882. The molecule has 0 aromatic heterocycles. The van der Waals surface area contributed by atoms with Crippen molar-refractivity contribution in [2.24, 2.45) is 0 Å². The first-order valence-electron chi connectivity index (χ1n) is 3.05. The van der Waals surface area contributed by atoms with Gasteiger partial charge in [-0.2, -0.15) is 13.2 Å². The van der Waals surface area contributed by atoms with Gasteiger partial charge in [0.25, 0.3) is 0 Å². The van der Waals surface area contributed by atoms with E-state index in [4.69, 9.17) is 0 Å². The van der Waals surface area contributed by atoms with Crippen LogP contribution in [0.5, 0.6) is 0 Å². The maximum Gasteiger partial charge on any atom is 0.391 e. The second-order valence-electron chi connectivity index (χ2n) is 2.94. The van der Waals surface area contributed by atoms with Crippen LogP contribution in [0, 0.1) is 0 Å². The summed E-state index contributed by atoms with van der Waals surface area (Å²) in [4.78, 5) is 0. The molecule has 11 heavy (non-hydrogen) atoms. The number of hydrogen-bond acceptors (Lipinski definition) is 1. The van der Waals surface area contributed by atoms with E-state index in [0.717, 1.165) is 5.49 Å². The Bertz CT molecular complexity index is 141. The van der Waals surface area contributed by atoms with Crippen molar-refractivity contribution in [2.45, 2.75) is 32.0 Å². The Labute approximate surface area is 69.0 Å². The number of hydrogen-bond donors (Lipinski definition) is 1. The molecule has 0 rings (SSSR count). The fourth-order valence-electron chi connectivity index (χ4n) is 0.712. The van der Waals surface area contributed by atoms with Crippen LogP contribution in [0.2, 0.25) is 0 Å². The topological polar surface area (TPSA) is 12.0 Å². The third-order valence-corrected chi connectivity index (χ3v) is 1.21. The van der Waals surface area contributed by atoms with Crippen molar-refractivity contribution < 1.29 is 13.2 Å². The van der Waals surface area contributed by atoms with Crippen LogP contribution in [0.3, 0.4) is 0 Å². The molecule has 0 aromatic rings. The van der Waals surface area contributed by atoms with Crippen LogP contribution < -0.4 is 5.32 Å². The van der Waals surface area contributed by atoms with E-state index in [1.807, 2.05) is 0 Å². The van der Waals surface area contributed by atoms with Gasteiger partial charge < -0.3 is 5.32 Å². The molecule has 0 spiro atoms. The summed E-state index contributed by atoms with van der Waals surface area (Å²) < 4.78 is 35.4. The second kappa shape index (κ2) is 3.38. The normalized spacial score (nSPS) is 12.8. The van der Waals surface area contributed by atoms with Gasteiger partial charge in [-0.1, -0.05) is 12.2 Å². The average Bonchev–Trinajstić information content (AvgIpc) is 1.55.